The smallest absolute Gasteiger partial charge is 0.423 e. The van der Waals surface area contributed by atoms with Crippen LogP contribution < -0.4 is 9.80 Å². The first kappa shape index (κ1) is 27.5. The average Bonchev–Trinajstić information content (AvgIpc) is 3.58. The summed E-state index contributed by atoms with van der Waals surface area (Å²) >= 11 is 5.87. The molecule has 3 heterocycles. The molecule has 1 fully saturated rings. The molecule has 40 heavy (non-hydrogen) atoms. The van der Waals surface area contributed by atoms with Crippen molar-refractivity contribution in [3.8, 4) is 16.9 Å². The van der Waals surface area contributed by atoms with Gasteiger partial charge in [-0.1, -0.05) is 23.7 Å². The van der Waals surface area contributed by atoms with E-state index in [4.69, 9.17) is 16.3 Å². The van der Waals surface area contributed by atoms with Gasteiger partial charge < -0.3 is 10.1 Å². The summed E-state index contributed by atoms with van der Waals surface area (Å²) < 4.78 is 59.9. The summed E-state index contributed by atoms with van der Waals surface area (Å²) in [6.07, 6.45) is -0.793. The van der Waals surface area contributed by atoms with E-state index < -0.39 is 23.8 Å². The minimum absolute atomic E-state index is 0.00844. The third-order valence-electron chi connectivity index (χ3n) is 7.04. The molecule has 13 heteroatoms. The van der Waals surface area contributed by atoms with Crippen molar-refractivity contribution < 1.29 is 27.1 Å². The van der Waals surface area contributed by atoms with E-state index in [2.05, 4.69) is 20.4 Å². The van der Waals surface area contributed by atoms with E-state index >= 15 is 0 Å². The fourth-order valence-corrected chi connectivity index (χ4v) is 5.21. The van der Waals surface area contributed by atoms with Crippen LogP contribution in [0.5, 0.6) is 0 Å². The number of anilines is 2. The first-order valence-corrected chi connectivity index (χ1v) is 12.7. The Labute approximate surface area is 231 Å². The predicted octanol–water partition coefficient (Wildman–Crippen LogP) is 7.14. The molecule has 2 aromatic carbocycles. The predicted molar refractivity (Wildman–Crippen MR) is 142 cm³/mol. The third-order valence-corrected chi connectivity index (χ3v) is 7.33. The SMILES string of the molecule is COC(=O)[N+]1(c2cccc(-c3cnc(Nc4ccc(F)c(Cl)c4)nc3-n3ccc(C(F)(F)F)n3)c2)CCC[C@H]1C. The van der Waals surface area contributed by atoms with Crippen LogP contribution in [0.25, 0.3) is 16.9 Å². The molecular weight excluding hydrogens is 552 g/mol. The Morgan fingerprint density at radius 2 is 2.00 bits per heavy atom. The van der Waals surface area contributed by atoms with E-state index in [1.807, 2.05) is 13.0 Å². The number of methoxy groups -OCH3 is 1. The molecule has 1 aliphatic rings. The van der Waals surface area contributed by atoms with Gasteiger partial charge in [0.2, 0.25) is 5.95 Å². The topological polar surface area (TPSA) is 81.9 Å². The number of halogens is 5. The van der Waals surface area contributed by atoms with Crippen molar-refractivity contribution in [3.05, 3.63) is 77.5 Å². The number of nitrogens with zero attached hydrogens (tertiary/aromatic N) is 5. The molecule has 1 amide bonds. The number of likely N-dealkylation sites (tertiary alicyclic amines) is 1. The zero-order valence-electron chi connectivity index (χ0n) is 21.4. The summed E-state index contributed by atoms with van der Waals surface area (Å²) in [5, 5.41) is 6.47. The molecule has 2 atom stereocenters. The van der Waals surface area contributed by atoms with Gasteiger partial charge >= 0.3 is 12.3 Å². The molecule has 5 rings (SSSR count). The van der Waals surface area contributed by atoms with Gasteiger partial charge in [-0.3, -0.25) is 0 Å². The number of aromatic nitrogens is 4. The molecular formula is C27H24ClF4N6O2+. The van der Waals surface area contributed by atoms with Crippen molar-refractivity contribution in [1.82, 2.24) is 24.2 Å². The van der Waals surface area contributed by atoms with Crippen molar-refractivity contribution >= 4 is 35.0 Å². The molecule has 0 saturated carbocycles. The highest BCUT2D eigenvalue weighted by atomic mass is 35.5. The van der Waals surface area contributed by atoms with Gasteiger partial charge in [0.05, 0.1) is 18.7 Å². The summed E-state index contributed by atoms with van der Waals surface area (Å²) in [6, 6.07) is 11.9. The lowest BCUT2D eigenvalue weighted by Crippen LogP contribution is -2.56. The lowest BCUT2D eigenvalue weighted by atomic mass is 10.1. The number of rotatable bonds is 5. The van der Waals surface area contributed by atoms with Gasteiger partial charge in [-0.2, -0.15) is 32.5 Å². The number of benzene rings is 2. The number of hydrogen-bond donors (Lipinski definition) is 1. The largest absolute Gasteiger partial charge is 0.521 e. The Hall–Kier alpha value is -4.03. The number of hydrogen-bond acceptors (Lipinski definition) is 6. The first-order chi connectivity index (χ1) is 19.0. The number of amides is 1. The first-order valence-electron chi connectivity index (χ1n) is 12.3. The van der Waals surface area contributed by atoms with Gasteiger partial charge in [-0.05, 0) is 42.8 Å². The Kier molecular flexibility index (Phi) is 7.23. The van der Waals surface area contributed by atoms with E-state index in [1.54, 1.807) is 18.2 Å². The molecule has 1 N–H and O–H groups in total. The number of carbonyl (C=O) groups excluding carboxylic acids is 1. The monoisotopic (exact) mass is 575 g/mol. The van der Waals surface area contributed by atoms with Crippen LogP contribution in [0, 0.1) is 5.82 Å². The Morgan fingerprint density at radius 1 is 1.20 bits per heavy atom. The Bertz CT molecular complexity index is 1580. The van der Waals surface area contributed by atoms with Crippen LogP contribution in [-0.2, 0) is 10.9 Å². The van der Waals surface area contributed by atoms with Crippen LogP contribution in [0.4, 0.5) is 39.7 Å². The van der Waals surface area contributed by atoms with Crippen molar-refractivity contribution in [2.24, 2.45) is 0 Å². The summed E-state index contributed by atoms with van der Waals surface area (Å²) in [4.78, 5) is 21.8. The van der Waals surface area contributed by atoms with E-state index in [1.165, 1.54) is 25.4 Å². The van der Waals surface area contributed by atoms with E-state index in [9.17, 15) is 22.4 Å². The average molecular weight is 576 g/mol. The summed E-state index contributed by atoms with van der Waals surface area (Å²) in [6.45, 7) is 2.54. The maximum Gasteiger partial charge on any atom is 0.521 e. The van der Waals surface area contributed by atoms with Gasteiger partial charge in [0.1, 0.15) is 17.5 Å². The van der Waals surface area contributed by atoms with Crippen LogP contribution in [0.2, 0.25) is 5.02 Å². The van der Waals surface area contributed by atoms with Crippen molar-refractivity contribution in [1.29, 1.82) is 0 Å². The number of quaternary nitrogens is 1. The zero-order valence-corrected chi connectivity index (χ0v) is 22.2. The molecule has 1 unspecified atom stereocenters. The fourth-order valence-electron chi connectivity index (χ4n) is 5.03. The second kappa shape index (κ2) is 10.5. The standard InChI is InChI=1S/C27H24ClF4N6O2/c1-16-5-4-12-38(16,26(39)40-2)19-7-3-6-17(13-19)20-15-33-25(34-18-8-9-22(29)21(28)14-18)35-24(20)37-11-10-23(36-37)27(30,31)32/h3,6-11,13-16H,4-5,12H2,1-2H3,(H,33,34,35)/q+1/t16-,38?/m1/s1. The summed E-state index contributed by atoms with van der Waals surface area (Å²) in [5.74, 6) is -0.537. The Balaban J connectivity index is 1.62. The lowest BCUT2D eigenvalue weighted by Gasteiger charge is -2.33. The molecule has 8 nitrogen and oxygen atoms in total. The quantitative estimate of drug-likeness (QED) is 0.201. The maximum atomic E-state index is 13.6. The van der Waals surface area contributed by atoms with Crippen LogP contribution in [0.1, 0.15) is 25.5 Å². The molecule has 0 bridgehead atoms. The molecule has 1 aliphatic heterocycles. The second-order valence-corrected chi connectivity index (χ2v) is 9.84. The molecule has 0 aliphatic carbocycles. The van der Waals surface area contributed by atoms with Crippen LogP contribution >= 0.6 is 11.6 Å². The highest BCUT2D eigenvalue weighted by Gasteiger charge is 2.49. The number of nitrogens with one attached hydrogen (secondary N) is 1. The molecule has 1 saturated heterocycles. The van der Waals surface area contributed by atoms with E-state index in [0.29, 0.717) is 29.0 Å². The van der Waals surface area contributed by atoms with Crippen molar-refractivity contribution in [2.75, 3.05) is 19.0 Å². The van der Waals surface area contributed by atoms with Crippen molar-refractivity contribution in [2.45, 2.75) is 32.0 Å². The number of carbonyl (C=O) groups is 1. The normalized spacial score (nSPS) is 19.0. The Morgan fingerprint density at radius 3 is 2.65 bits per heavy atom. The lowest BCUT2D eigenvalue weighted by molar-refractivity contribution is -0.141. The van der Waals surface area contributed by atoms with Gasteiger partial charge in [0, 0.05) is 42.6 Å². The maximum absolute atomic E-state index is 13.6. The van der Waals surface area contributed by atoms with Gasteiger partial charge in [-0.15, -0.1) is 0 Å². The summed E-state index contributed by atoms with van der Waals surface area (Å²) in [7, 11) is 1.35. The summed E-state index contributed by atoms with van der Waals surface area (Å²) in [5.41, 5.74) is 0.896. The van der Waals surface area contributed by atoms with Crippen LogP contribution in [0.15, 0.2) is 60.9 Å². The number of ether oxygens (including phenoxy) is 1. The highest BCUT2D eigenvalue weighted by Crippen LogP contribution is 2.39. The molecule has 0 spiro atoms. The van der Waals surface area contributed by atoms with Crippen LogP contribution in [0.3, 0.4) is 0 Å². The minimum atomic E-state index is -4.66. The molecule has 4 aromatic rings. The molecule has 208 valence electrons. The van der Waals surface area contributed by atoms with Gasteiger partial charge in [0.25, 0.3) is 0 Å². The van der Waals surface area contributed by atoms with E-state index in [-0.39, 0.29) is 27.3 Å². The molecule has 0 radical (unpaired) electrons. The number of alkyl halides is 3. The molecule has 2 aromatic heterocycles. The van der Waals surface area contributed by atoms with E-state index in [0.717, 1.165) is 35.9 Å². The van der Waals surface area contributed by atoms with Crippen LogP contribution in [-0.4, -0.2) is 45.5 Å². The van der Waals surface area contributed by atoms with Gasteiger partial charge in [-0.25, -0.2) is 14.1 Å². The van der Waals surface area contributed by atoms with Crippen molar-refractivity contribution in [3.63, 3.8) is 0 Å². The minimum Gasteiger partial charge on any atom is -0.423 e. The second-order valence-electron chi connectivity index (χ2n) is 9.43. The zero-order chi connectivity index (χ0) is 28.7. The fraction of sp³-hybridized carbons (Fsp3) is 0.259. The third kappa shape index (κ3) is 5.00. The van der Waals surface area contributed by atoms with Gasteiger partial charge in [0.15, 0.2) is 11.5 Å². The highest BCUT2D eigenvalue weighted by molar-refractivity contribution is 6.31.